The predicted octanol–water partition coefficient (Wildman–Crippen LogP) is 5.01. The Morgan fingerprint density at radius 2 is 1.95 bits per heavy atom. The standard InChI is InChI=1S/C18H22ClNO2/c1-3-11-21-16-8-6-7-15(12-16)20-13-14(2)22-18-10-5-4-9-17(18)19/h4-10,12,14,20H,3,11,13H2,1-2H3. The maximum atomic E-state index is 6.09. The van der Waals surface area contributed by atoms with Gasteiger partial charge in [-0.15, -0.1) is 0 Å². The van der Waals surface area contributed by atoms with E-state index in [9.17, 15) is 0 Å². The van der Waals surface area contributed by atoms with Gasteiger partial charge in [0.25, 0.3) is 0 Å². The number of hydrogen-bond donors (Lipinski definition) is 1. The van der Waals surface area contributed by atoms with Gasteiger partial charge in [0, 0.05) is 11.8 Å². The Bertz CT molecular complexity index is 589. The van der Waals surface area contributed by atoms with E-state index < -0.39 is 0 Å². The van der Waals surface area contributed by atoms with Crippen molar-refractivity contribution >= 4 is 17.3 Å². The topological polar surface area (TPSA) is 30.5 Å². The molecule has 0 spiro atoms. The van der Waals surface area contributed by atoms with Crippen molar-refractivity contribution in [1.29, 1.82) is 0 Å². The molecule has 0 radical (unpaired) electrons. The van der Waals surface area contributed by atoms with Gasteiger partial charge in [-0.05, 0) is 37.6 Å². The quantitative estimate of drug-likeness (QED) is 0.742. The highest BCUT2D eigenvalue weighted by Gasteiger charge is 2.07. The van der Waals surface area contributed by atoms with Crippen LogP contribution in [0.5, 0.6) is 11.5 Å². The van der Waals surface area contributed by atoms with Crippen molar-refractivity contribution in [1.82, 2.24) is 0 Å². The Labute approximate surface area is 137 Å². The second kappa shape index (κ2) is 8.54. The fourth-order valence-electron chi connectivity index (χ4n) is 1.98. The van der Waals surface area contributed by atoms with Gasteiger partial charge in [0.1, 0.15) is 17.6 Å². The van der Waals surface area contributed by atoms with Crippen molar-refractivity contribution in [2.75, 3.05) is 18.5 Å². The number of anilines is 1. The maximum absolute atomic E-state index is 6.09. The molecule has 0 saturated heterocycles. The molecule has 0 aliphatic rings. The molecule has 1 N–H and O–H groups in total. The number of benzene rings is 2. The summed E-state index contributed by atoms with van der Waals surface area (Å²) in [5.74, 6) is 1.59. The first-order chi connectivity index (χ1) is 10.7. The third kappa shape index (κ3) is 5.15. The highest BCUT2D eigenvalue weighted by atomic mass is 35.5. The number of para-hydroxylation sites is 1. The van der Waals surface area contributed by atoms with Gasteiger partial charge in [0.15, 0.2) is 0 Å². The molecule has 0 aliphatic carbocycles. The normalized spacial score (nSPS) is 11.8. The molecular formula is C18H22ClNO2. The monoisotopic (exact) mass is 319 g/mol. The molecule has 2 aromatic carbocycles. The Morgan fingerprint density at radius 1 is 1.14 bits per heavy atom. The van der Waals surface area contributed by atoms with Gasteiger partial charge in [0.2, 0.25) is 0 Å². The minimum absolute atomic E-state index is 0.000108. The molecule has 4 heteroatoms. The molecule has 0 aromatic heterocycles. The van der Waals surface area contributed by atoms with Crippen LogP contribution in [0.15, 0.2) is 48.5 Å². The summed E-state index contributed by atoms with van der Waals surface area (Å²) in [5.41, 5.74) is 1.02. The summed E-state index contributed by atoms with van der Waals surface area (Å²) in [4.78, 5) is 0. The Hall–Kier alpha value is -1.87. The molecule has 0 aliphatic heterocycles. The number of ether oxygens (including phenoxy) is 2. The van der Waals surface area contributed by atoms with Crippen LogP contribution >= 0.6 is 11.6 Å². The summed E-state index contributed by atoms with van der Waals surface area (Å²) < 4.78 is 11.5. The summed E-state index contributed by atoms with van der Waals surface area (Å²) in [6.45, 7) is 5.52. The number of nitrogens with one attached hydrogen (secondary N) is 1. The molecule has 1 unspecified atom stereocenters. The van der Waals surface area contributed by atoms with Crippen molar-refractivity contribution in [2.45, 2.75) is 26.4 Å². The van der Waals surface area contributed by atoms with Gasteiger partial charge in [-0.1, -0.05) is 36.7 Å². The number of hydrogen-bond acceptors (Lipinski definition) is 3. The second-order valence-electron chi connectivity index (χ2n) is 5.12. The highest BCUT2D eigenvalue weighted by molar-refractivity contribution is 6.32. The van der Waals surface area contributed by atoms with E-state index >= 15 is 0 Å². The van der Waals surface area contributed by atoms with Crippen LogP contribution in [0.1, 0.15) is 20.3 Å². The minimum Gasteiger partial charge on any atom is -0.494 e. The maximum Gasteiger partial charge on any atom is 0.138 e. The van der Waals surface area contributed by atoms with E-state index in [1.165, 1.54) is 0 Å². The molecular weight excluding hydrogens is 298 g/mol. The lowest BCUT2D eigenvalue weighted by Crippen LogP contribution is -2.22. The fraction of sp³-hybridized carbons (Fsp3) is 0.333. The SMILES string of the molecule is CCCOc1cccc(NCC(C)Oc2ccccc2Cl)c1. The van der Waals surface area contributed by atoms with Crippen molar-refractivity contribution < 1.29 is 9.47 Å². The van der Waals surface area contributed by atoms with Crippen LogP contribution in [0.4, 0.5) is 5.69 Å². The average Bonchev–Trinajstić information content (AvgIpc) is 2.53. The molecule has 3 nitrogen and oxygen atoms in total. The molecule has 0 fully saturated rings. The van der Waals surface area contributed by atoms with Gasteiger partial charge < -0.3 is 14.8 Å². The van der Waals surface area contributed by atoms with E-state index in [0.29, 0.717) is 17.3 Å². The smallest absolute Gasteiger partial charge is 0.138 e. The van der Waals surface area contributed by atoms with Crippen LogP contribution < -0.4 is 14.8 Å². The number of halogens is 1. The molecule has 2 rings (SSSR count). The van der Waals surface area contributed by atoms with Gasteiger partial charge in [-0.2, -0.15) is 0 Å². The van der Waals surface area contributed by atoms with Crippen molar-refractivity contribution in [2.24, 2.45) is 0 Å². The third-order valence-corrected chi connectivity index (χ3v) is 3.38. The first-order valence-electron chi connectivity index (χ1n) is 7.57. The molecule has 22 heavy (non-hydrogen) atoms. The first kappa shape index (κ1) is 16.5. The van der Waals surface area contributed by atoms with Crippen molar-refractivity contribution in [3.05, 3.63) is 53.6 Å². The van der Waals surface area contributed by atoms with E-state index in [4.69, 9.17) is 21.1 Å². The number of rotatable bonds is 8. The Kier molecular flexibility index (Phi) is 6.41. The molecule has 118 valence electrons. The fourth-order valence-corrected chi connectivity index (χ4v) is 2.16. The van der Waals surface area contributed by atoms with Crippen LogP contribution in [-0.2, 0) is 0 Å². The Morgan fingerprint density at radius 3 is 2.73 bits per heavy atom. The average molecular weight is 320 g/mol. The molecule has 0 saturated carbocycles. The van der Waals surface area contributed by atoms with Gasteiger partial charge in [-0.25, -0.2) is 0 Å². The van der Waals surface area contributed by atoms with Crippen LogP contribution in [0.2, 0.25) is 5.02 Å². The summed E-state index contributed by atoms with van der Waals surface area (Å²) in [6, 6.07) is 15.5. The van der Waals surface area contributed by atoms with Crippen LogP contribution in [0.25, 0.3) is 0 Å². The molecule has 0 bridgehead atoms. The third-order valence-electron chi connectivity index (χ3n) is 3.07. The van der Waals surface area contributed by atoms with Gasteiger partial charge >= 0.3 is 0 Å². The van der Waals surface area contributed by atoms with Gasteiger partial charge in [-0.3, -0.25) is 0 Å². The van der Waals surface area contributed by atoms with Gasteiger partial charge in [0.05, 0.1) is 18.2 Å². The summed E-state index contributed by atoms with van der Waals surface area (Å²) in [5, 5.41) is 3.98. The lowest BCUT2D eigenvalue weighted by molar-refractivity contribution is 0.235. The lowest BCUT2D eigenvalue weighted by Gasteiger charge is -2.17. The molecule has 1 atom stereocenters. The summed E-state index contributed by atoms with van der Waals surface area (Å²) >= 11 is 6.09. The predicted molar refractivity (Wildman–Crippen MR) is 92.3 cm³/mol. The van der Waals surface area contributed by atoms with E-state index in [-0.39, 0.29) is 6.10 Å². The van der Waals surface area contributed by atoms with Crippen LogP contribution in [0.3, 0.4) is 0 Å². The summed E-state index contributed by atoms with van der Waals surface area (Å²) in [7, 11) is 0. The first-order valence-corrected chi connectivity index (χ1v) is 7.94. The zero-order valence-corrected chi connectivity index (χ0v) is 13.8. The minimum atomic E-state index is 0.000108. The zero-order chi connectivity index (χ0) is 15.8. The lowest BCUT2D eigenvalue weighted by atomic mass is 10.3. The largest absolute Gasteiger partial charge is 0.494 e. The van der Waals surface area contributed by atoms with E-state index in [2.05, 4.69) is 12.2 Å². The Balaban J connectivity index is 1.85. The van der Waals surface area contributed by atoms with E-state index in [0.717, 1.165) is 24.5 Å². The second-order valence-corrected chi connectivity index (χ2v) is 5.52. The van der Waals surface area contributed by atoms with Crippen molar-refractivity contribution in [3.8, 4) is 11.5 Å². The van der Waals surface area contributed by atoms with Crippen LogP contribution in [0, 0.1) is 0 Å². The van der Waals surface area contributed by atoms with E-state index in [1.54, 1.807) is 0 Å². The summed E-state index contributed by atoms with van der Waals surface area (Å²) in [6.07, 6.45) is 1.00. The van der Waals surface area contributed by atoms with Crippen LogP contribution in [-0.4, -0.2) is 19.3 Å². The molecule has 0 heterocycles. The zero-order valence-electron chi connectivity index (χ0n) is 13.0. The molecule has 0 amide bonds. The molecule has 2 aromatic rings. The van der Waals surface area contributed by atoms with Crippen molar-refractivity contribution in [3.63, 3.8) is 0 Å². The van der Waals surface area contributed by atoms with E-state index in [1.807, 2.05) is 55.5 Å². The highest BCUT2D eigenvalue weighted by Crippen LogP contribution is 2.24.